The Morgan fingerprint density at radius 3 is 2.52 bits per heavy atom. The van der Waals surface area contributed by atoms with Gasteiger partial charge >= 0.3 is 6.03 Å². The summed E-state index contributed by atoms with van der Waals surface area (Å²) in [7, 11) is 0. The molecule has 7 heteroatoms. The van der Waals surface area contributed by atoms with Gasteiger partial charge in [0.2, 0.25) is 5.13 Å². The van der Waals surface area contributed by atoms with Crippen molar-refractivity contribution in [1.82, 2.24) is 10.2 Å². The molecular formula is C20H22N4O2S. The third-order valence-electron chi connectivity index (χ3n) is 3.98. The topological polar surface area (TPSA) is 76.1 Å². The van der Waals surface area contributed by atoms with Crippen LogP contribution in [0.25, 0.3) is 10.6 Å². The summed E-state index contributed by atoms with van der Waals surface area (Å²) >= 11 is 1.32. The van der Waals surface area contributed by atoms with Gasteiger partial charge in [-0.25, -0.2) is 4.79 Å². The highest BCUT2D eigenvalue weighted by Gasteiger charge is 2.10. The molecule has 0 fully saturated rings. The van der Waals surface area contributed by atoms with Crippen LogP contribution in [0.4, 0.5) is 15.6 Å². The van der Waals surface area contributed by atoms with Gasteiger partial charge in [0, 0.05) is 11.3 Å². The van der Waals surface area contributed by atoms with E-state index in [-0.39, 0.29) is 6.03 Å². The van der Waals surface area contributed by atoms with Gasteiger partial charge < -0.3 is 10.1 Å². The fourth-order valence-corrected chi connectivity index (χ4v) is 3.13. The largest absolute Gasteiger partial charge is 0.494 e. The van der Waals surface area contributed by atoms with Crippen LogP contribution in [0.5, 0.6) is 5.75 Å². The Bertz CT molecular complexity index is 922. The average Bonchev–Trinajstić information content (AvgIpc) is 3.11. The second kappa shape index (κ2) is 8.64. The molecule has 0 radical (unpaired) electrons. The number of benzene rings is 2. The molecule has 3 rings (SSSR count). The number of carbonyl (C=O) groups excluding carboxylic acids is 1. The van der Waals surface area contributed by atoms with Gasteiger partial charge in [-0.05, 0) is 67.8 Å². The molecule has 0 spiro atoms. The van der Waals surface area contributed by atoms with Gasteiger partial charge in [-0.1, -0.05) is 24.3 Å². The van der Waals surface area contributed by atoms with Crippen molar-refractivity contribution < 1.29 is 9.53 Å². The average molecular weight is 382 g/mol. The van der Waals surface area contributed by atoms with Crippen molar-refractivity contribution in [2.75, 3.05) is 17.2 Å². The maximum Gasteiger partial charge on any atom is 0.325 e. The molecule has 27 heavy (non-hydrogen) atoms. The van der Waals surface area contributed by atoms with Crippen LogP contribution in [0.1, 0.15) is 24.5 Å². The van der Waals surface area contributed by atoms with E-state index in [1.54, 1.807) is 0 Å². The summed E-state index contributed by atoms with van der Waals surface area (Å²) < 4.78 is 5.58. The third kappa shape index (κ3) is 5.04. The summed E-state index contributed by atoms with van der Waals surface area (Å²) in [4.78, 5) is 12.2. The molecule has 0 unspecified atom stereocenters. The monoisotopic (exact) mass is 382 g/mol. The molecule has 1 aromatic heterocycles. The Morgan fingerprint density at radius 1 is 1.04 bits per heavy atom. The van der Waals surface area contributed by atoms with Crippen molar-refractivity contribution >= 4 is 28.2 Å². The van der Waals surface area contributed by atoms with E-state index in [4.69, 9.17) is 4.74 Å². The maximum absolute atomic E-state index is 12.2. The molecule has 0 aliphatic carbocycles. The number of aromatic nitrogens is 2. The lowest BCUT2D eigenvalue weighted by atomic mass is 10.1. The zero-order valence-electron chi connectivity index (χ0n) is 15.6. The summed E-state index contributed by atoms with van der Waals surface area (Å²) in [5.74, 6) is 0.830. The second-order valence-electron chi connectivity index (χ2n) is 6.16. The molecule has 0 atom stereocenters. The minimum absolute atomic E-state index is 0.343. The van der Waals surface area contributed by atoms with Crippen molar-refractivity contribution in [2.24, 2.45) is 0 Å². The number of hydrogen-bond acceptors (Lipinski definition) is 5. The first-order valence-corrected chi connectivity index (χ1v) is 9.59. The Morgan fingerprint density at radius 2 is 1.81 bits per heavy atom. The quantitative estimate of drug-likeness (QED) is 0.610. The minimum Gasteiger partial charge on any atom is -0.494 e. The van der Waals surface area contributed by atoms with Crippen molar-refractivity contribution in [3.63, 3.8) is 0 Å². The van der Waals surface area contributed by atoms with E-state index in [1.807, 2.05) is 56.3 Å². The van der Waals surface area contributed by atoms with E-state index in [1.165, 1.54) is 16.9 Å². The molecule has 1 heterocycles. The molecule has 0 saturated carbocycles. The number of amides is 2. The number of urea groups is 1. The molecule has 0 saturated heterocycles. The predicted octanol–water partition coefficient (Wildman–Crippen LogP) is 5.25. The van der Waals surface area contributed by atoms with Crippen LogP contribution < -0.4 is 15.4 Å². The number of carbonyl (C=O) groups is 1. The normalized spacial score (nSPS) is 10.5. The Kier molecular flexibility index (Phi) is 6.03. The summed E-state index contributed by atoms with van der Waals surface area (Å²) in [5, 5.41) is 14.9. The SMILES string of the molecule is CCCOc1ccc(-c2nnc(NC(=O)Nc3ccc(C)c(C)c3)s2)cc1. The first kappa shape index (κ1) is 18.8. The number of hydrogen-bond donors (Lipinski definition) is 2. The van der Waals surface area contributed by atoms with Gasteiger partial charge in [0.1, 0.15) is 10.8 Å². The maximum atomic E-state index is 12.2. The highest BCUT2D eigenvalue weighted by Crippen LogP contribution is 2.28. The highest BCUT2D eigenvalue weighted by atomic mass is 32.1. The van der Waals surface area contributed by atoms with E-state index >= 15 is 0 Å². The van der Waals surface area contributed by atoms with Crippen LogP contribution in [0.2, 0.25) is 0 Å². The molecule has 2 aromatic carbocycles. The Hall–Kier alpha value is -2.93. The van der Waals surface area contributed by atoms with Crippen molar-refractivity contribution in [3.8, 4) is 16.3 Å². The van der Waals surface area contributed by atoms with Crippen LogP contribution in [-0.2, 0) is 0 Å². The number of nitrogens with one attached hydrogen (secondary N) is 2. The second-order valence-corrected chi connectivity index (χ2v) is 7.14. The minimum atomic E-state index is -0.343. The summed E-state index contributed by atoms with van der Waals surface area (Å²) in [6.45, 7) is 6.81. The molecule has 140 valence electrons. The predicted molar refractivity (Wildman–Crippen MR) is 110 cm³/mol. The van der Waals surface area contributed by atoms with Crippen molar-refractivity contribution in [3.05, 3.63) is 53.6 Å². The molecule has 2 amide bonds. The fraction of sp³-hybridized carbons (Fsp3) is 0.250. The Labute approximate surface area is 162 Å². The van der Waals surface area contributed by atoms with Gasteiger partial charge in [0.15, 0.2) is 0 Å². The van der Waals surface area contributed by atoms with Crippen LogP contribution >= 0.6 is 11.3 Å². The van der Waals surface area contributed by atoms with Gasteiger partial charge in [0.25, 0.3) is 0 Å². The van der Waals surface area contributed by atoms with Crippen LogP contribution in [-0.4, -0.2) is 22.8 Å². The first-order valence-electron chi connectivity index (χ1n) is 8.77. The van der Waals surface area contributed by atoms with E-state index < -0.39 is 0 Å². The lowest BCUT2D eigenvalue weighted by Gasteiger charge is -2.07. The number of anilines is 2. The standard InChI is InChI=1S/C20H22N4O2S/c1-4-11-26-17-9-6-15(7-10-17)18-23-24-20(27-18)22-19(25)21-16-8-5-13(2)14(3)12-16/h5-10,12H,4,11H2,1-3H3,(H2,21,22,24,25). The summed E-state index contributed by atoms with van der Waals surface area (Å²) in [6, 6.07) is 13.1. The first-order chi connectivity index (χ1) is 13.0. The van der Waals surface area contributed by atoms with Gasteiger partial charge in [-0.2, -0.15) is 0 Å². The molecule has 0 aliphatic heterocycles. The summed E-state index contributed by atoms with van der Waals surface area (Å²) in [5.41, 5.74) is 3.97. The van der Waals surface area contributed by atoms with Crippen LogP contribution in [0.15, 0.2) is 42.5 Å². The smallest absolute Gasteiger partial charge is 0.325 e. The van der Waals surface area contributed by atoms with Gasteiger partial charge in [0.05, 0.1) is 6.61 Å². The zero-order valence-corrected chi connectivity index (χ0v) is 16.4. The molecular weight excluding hydrogens is 360 g/mol. The molecule has 0 bridgehead atoms. The van der Waals surface area contributed by atoms with Crippen molar-refractivity contribution in [2.45, 2.75) is 27.2 Å². The third-order valence-corrected chi connectivity index (χ3v) is 4.87. The van der Waals surface area contributed by atoms with E-state index in [0.29, 0.717) is 11.7 Å². The fourth-order valence-electron chi connectivity index (χ4n) is 2.38. The van der Waals surface area contributed by atoms with Crippen molar-refractivity contribution in [1.29, 1.82) is 0 Å². The molecule has 3 aromatic rings. The number of aryl methyl sites for hydroxylation is 2. The number of nitrogens with zero attached hydrogens (tertiary/aromatic N) is 2. The van der Waals surface area contributed by atoms with Crippen LogP contribution in [0.3, 0.4) is 0 Å². The lowest BCUT2D eigenvalue weighted by molar-refractivity contribution is 0.262. The van der Waals surface area contributed by atoms with Gasteiger partial charge in [-0.3, -0.25) is 5.32 Å². The molecule has 6 nitrogen and oxygen atoms in total. The lowest BCUT2D eigenvalue weighted by Crippen LogP contribution is -2.19. The Balaban J connectivity index is 1.61. The highest BCUT2D eigenvalue weighted by molar-refractivity contribution is 7.18. The number of rotatable bonds is 6. The van der Waals surface area contributed by atoms with Crippen LogP contribution in [0, 0.1) is 13.8 Å². The van der Waals surface area contributed by atoms with E-state index in [0.717, 1.165) is 34.0 Å². The van der Waals surface area contributed by atoms with E-state index in [2.05, 4.69) is 27.8 Å². The zero-order chi connectivity index (χ0) is 19.2. The molecule has 2 N–H and O–H groups in total. The number of ether oxygens (including phenoxy) is 1. The van der Waals surface area contributed by atoms with E-state index in [9.17, 15) is 4.79 Å². The molecule has 0 aliphatic rings. The summed E-state index contributed by atoms with van der Waals surface area (Å²) in [6.07, 6.45) is 0.970. The van der Waals surface area contributed by atoms with Gasteiger partial charge in [-0.15, -0.1) is 10.2 Å².